The van der Waals surface area contributed by atoms with Crippen molar-refractivity contribution in [2.75, 3.05) is 11.9 Å². The first kappa shape index (κ1) is 22.0. The summed E-state index contributed by atoms with van der Waals surface area (Å²) in [4.78, 5) is 20.6. The molecule has 4 atom stereocenters. The molecular weight excluding hydrogens is 410 g/mol. The maximum atomic E-state index is 13.8. The number of aliphatic hydroxyl groups is 1. The number of hydrogen-bond acceptors (Lipinski definition) is 5. The fourth-order valence-electron chi connectivity index (χ4n) is 4.39. The van der Waals surface area contributed by atoms with E-state index in [1.165, 1.54) is 0 Å². The maximum absolute atomic E-state index is 13.8. The molecule has 1 fully saturated rings. The van der Waals surface area contributed by atoms with Gasteiger partial charge in [0.15, 0.2) is 5.78 Å². The van der Waals surface area contributed by atoms with Crippen molar-refractivity contribution in [2.24, 2.45) is 22.6 Å². The molecule has 2 aromatic carbocycles. The molecule has 0 amide bonds. The molecule has 0 aromatic heterocycles. The summed E-state index contributed by atoms with van der Waals surface area (Å²) in [7, 11) is 1.90. The molecular formula is C25H30ClN3O2. The topological polar surface area (TPSA) is 78.9 Å². The number of nitrogens with zero attached hydrogens (tertiary/aromatic N) is 2. The van der Waals surface area contributed by atoms with Crippen LogP contribution in [0.3, 0.4) is 0 Å². The number of hydrogen-bond donors (Lipinski definition) is 2. The molecule has 4 rings (SSSR count). The van der Waals surface area contributed by atoms with Crippen LogP contribution >= 0.6 is 11.6 Å². The van der Waals surface area contributed by atoms with E-state index in [0.717, 1.165) is 35.4 Å². The molecule has 0 bridgehead atoms. The van der Waals surface area contributed by atoms with E-state index in [0.29, 0.717) is 23.8 Å². The van der Waals surface area contributed by atoms with E-state index in [1.807, 2.05) is 67.4 Å². The Labute approximate surface area is 188 Å². The average molecular weight is 440 g/mol. The second-order valence-electron chi connectivity index (χ2n) is 8.71. The fourth-order valence-corrected chi connectivity index (χ4v) is 4.51. The largest absolute Gasteiger partial charge is 0.392 e. The Hall–Kier alpha value is -2.21. The number of para-hydroxylation sites is 1. The molecule has 164 valence electrons. The molecule has 31 heavy (non-hydrogen) atoms. The Bertz CT molecular complexity index is 971. The van der Waals surface area contributed by atoms with Crippen molar-refractivity contribution in [3.63, 3.8) is 0 Å². The lowest BCUT2D eigenvalue weighted by Crippen LogP contribution is -2.53. The van der Waals surface area contributed by atoms with E-state index in [1.54, 1.807) is 0 Å². The van der Waals surface area contributed by atoms with Gasteiger partial charge in [-0.25, -0.2) is 0 Å². The molecule has 2 aromatic rings. The number of aliphatic hydroxyl groups excluding tert-OH is 1. The highest BCUT2D eigenvalue weighted by atomic mass is 35.5. The van der Waals surface area contributed by atoms with Gasteiger partial charge in [-0.2, -0.15) is 0 Å². The van der Waals surface area contributed by atoms with Crippen molar-refractivity contribution in [1.82, 2.24) is 0 Å². The van der Waals surface area contributed by atoms with E-state index in [4.69, 9.17) is 22.3 Å². The minimum absolute atomic E-state index is 0.0696. The molecule has 1 aliphatic heterocycles. The van der Waals surface area contributed by atoms with Crippen molar-refractivity contribution in [2.45, 2.75) is 50.9 Å². The number of benzodiazepines with no additional fused rings is 1. The molecule has 1 heterocycles. The highest BCUT2D eigenvalue weighted by Crippen LogP contribution is 2.38. The van der Waals surface area contributed by atoms with Crippen LogP contribution in [0.15, 0.2) is 53.5 Å². The van der Waals surface area contributed by atoms with Crippen LogP contribution in [0.2, 0.25) is 5.02 Å². The van der Waals surface area contributed by atoms with Gasteiger partial charge in [-0.1, -0.05) is 61.7 Å². The van der Waals surface area contributed by atoms with E-state index < -0.39 is 24.2 Å². The monoisotopic (exact) mass is 439 g/mol. The summed E-state index contributed by atoms with van der Waals surface area (Å²) in [6.07, 6.45) is 2.20. The van der Waals surface area contributed by atoms with Gasteiger partial charge in [-0.15, -0.1) is 0 Å². The number of likely N-dealkylation sites (N-methyl/N-ethyl adjacent to an activating group) is 1. The maximum Gasteiger partial charge on any atom is 0.166 e. The molecule has 0 saturated heterocycles. The van der Waals surface area contributed by atoms with Crippen molar-refractivity contribution in [1.29, 1.82) is 0 Å². The molecule has 4 unspecified atom stereocenters. The van der Waals surface area contributed by atoms with Crippen LogP contribution in [0.5, 0.6) is 0 Å². The number of carbonyl (C=O) groups excluding carboxylic acids is 1. The minimum atomic E-state index is -0.770. The quantitative estimate of drug-likeness (QED) is 0.682. The molecule has 5 nitrogen and oxygen atoms in total. The van der Waals surface area contributed by atoms with Crippen LogP contribution in [-0.2, 0) is 4.79 Å². The lowest BCUT2D eigenvalue weighted by atomic mass is 9.86. The molecule has 1 saturated carbocycles. The number of fused-ring (bicyclic) bond motifs is 1. The van der Waals surface area contributed by atoms with Crippen molar-refractivity contribution < 1.29 is 9.90 Å². The first-order chi connectivity index (χ1) is 14.9. The lowest BCUT2D eigenvalue weighted by molar-refractivity contribution is -0.128. The van der Waals surface area contributed by atoms with Crippen LogP contribution in [0.4, 0.5) is 5.69 Å². The average Bonchev–Trinajstić information content (AvgIpc) is 3.62. The summed E-state index contributed by atoms with van der Waals surface area (Å²) in [6, 6.07) is 14.6. The second-order valence-corrected chi connectivity index (χ2v) is 9.15. The van der Waals surface area contributed by atoms with Crippen LogP contribution in [-0.4, -0.2) is 42.0 Å². The number of halogens is 1. The molecule has 0 radical (unpaired) electrons. The Kier molecular flexibility index (Phi) is 6.47. The Balaban J connectivity index is 1.80. The van der Waals surface area contributed by atoms with Gasteiger partial charge in [0.2, 0.25) is 0 Å². The van der Waals surface area contributed by atoms with Gasteiger partial charge < -0.3 is 15.7 Å². The zero-order chi connectivity index (χ0) is 22.1. The summed E-state index contributed by atoms with van der Waals surface area (Å²) in [6.45, 7) is 1.91. The first-order valence-corrected chi connectivity index (χ1v) is 11.4. The molecule has 6 heteroatoms. The highest BCUT2D eigenvalue weighted by molar-refractivity contribution is 6.30. The fraction of sp³-hybridized carbons (Fsp3) is 0.440. The van der Waals surface area contributed by atoms with Crippen molar-refractivity contribution in [3.8, 4) is 0 Å². The van der Waals surface area contributed by atoms with Crippen LogP contribution in [0.1, 0.15) is 43.7 Å². The van der Waals surface area contributed by atoms with Gasteiger partial charge in [0.1, 0.15) is 12.2 Å². The number of nitrogens with two attached hydrogens (primary N) is 1. The Morgan fingerprint density at radius 2 is 1.90 bits per heavy atom. The van der Waals surface area contributed by atoms with Gasteiger partial charge in [0.25, 0.3) is 0 Å². The van der Waals surface area contributed by atoms with Crippen LogP contribution in [0.25, 0.3) is 0 Å². The van der Waals surface area contributed by atoms with Gasteiger partial charge in [-0.05, 0) is 37.0 Å². The predicted octanol–water partition coefficient (Wildman–Crippen LogP) is 4.04. The smallest absolute Gasteiger partial charge is 0.166 e. The molecule has 1 aliphatic carbocycles. The molecule has 3 N–H and O–H groups in total. The number of rotatable bonds is 7. The third-order valence-electron chi connectivity index (χ3n) is 6.52. The minimum Gasteiger partial charge on any atom is -0.392 e. The molecule has 2 aliphatic rings. The second kappa shape index (κ2) is 9.11. The summed E-state index contributed by atoms with van der Waals surface area (Å²) < 4.78 is 0. The SMILES string of the molecule is CCC(O)C(CC1CC1)C(=O)C1N=C(c2ccc(Cl)cc2)c2ccccc2N(C)C1N. The summed E-state index contributed by atoms with van der Waals surface area (Å²) in [5.41, 5.74) is 10.1. The summed E-state index contributed by atoms with van der Waals surface area (Å²) in [5.74, 6) is 0.00467. The normalized spacial score (nSPS) is 22.9. The number of aliphatic imine (C=N–C) groups is 1. The van der Waals surface area contributed by atoms with Crippen LogP contribution < -0.4 is 10.6 Å². The van der Waals surface area contributed by atoms with Crippen molar-refractivity contribution in [3.05, 3.63) is 64.7 Å². The number of ketones is 1. The van der Waals surface area contributed by atoms with Gasteiger partial charge in [0, 0.05) is 34.8 Å². The zero-order valence-corrected chi connectivity index (χ0v) is 18.8. The number of carbonyl (C=O) groups is 1. The van der Waals surface area contributed by atoms with E-state index in [2.05, 4.69) is 0 Å². The van der Waals surface area contributed by atoms with Gasteiger partial charge in [0.05, 0.1) is 11.8 Å². The zero-order valence-electron chi connectivity index (χ0n) is 18.0. The number of anilines is 1. The lowest BCUT2D eigenvalue weighted by Gasteiger charge is -2.32. The van der Waals surface area contributed by atoms with E-state index in [-0.39, 0.29) is 5.78 Å². The number of Topliss-reactive ketones (excluding diaryl/α,β-unsaturated/α-hetero) is 1. The van der Waals surface area contributed by atoms with Gasteiger partial charge in [-0.3, -0.25) is 9.79 Å². The Morgan fingerprint density at radius 1 is 1.23 bits per heavy atom. The molecule has 0 spiro atoms. The first-order valence-electron chi connectivity index (χ1n) is 11.0. The van der Waals surface area contributed by atoms with E-state index >= 15 is 0 Å². The Morgan fingerprint density at radius 3 is 2.55 bits per heavy atom. The number of benzene rings is 2. The predicted molar refractivity (Wildman–Crippen MR) is 126 cm³/mol. The van der Waals surface area contributed by atoms with Crippen LogP contribution in [0, 0.1) is 11.8 Å². The standard InChI is InChI=1S/C25H30ClN3O2/c1-3-21(30)19(14-15-8-9-15)24(31)23-25(27)29(2)20-7-5-4-6-18(20)22(28-23)16-10-12-17(26)13-11-16/h4-7,10-13,15,19,21,23,25,30H,3,8-9,14,27H2,1-2H3. The van der Waals surface area contributed by atoms with Crippen molar-refractivity contribution >= 4 is 28.8 Å². The van der Waals surface area contributed by atoms with E-state index in [9.17, 15) is 9.90 Å². The summed E-state index contributed by atoms with van der Waals surface area (Å²) >= 11 is 6.11. The third-order valence-corrected chi connectivity index (χ3v) is 6.77. The highest BCUT2D eigenvalue weighted by Gasteiger charge is 2.41. The third kappa shape index (κ3) is 4.54. The summed E-state index contributed by atoms with van der Waals surface area (Å²) in [5, 5.41) is 11.3. The van der Waals surface area contributed by atoms with Gasteiger partial charge >= 0.3 is 0 Å².